The van der Waals surface area contributed by atoms with Crippen LogP contribution >= 0.6 is 23.2 Å². The number of nitrogens with zero attached hydrogens (tertiary/aromatic N) is 2. The highest BCUT2D eigenvalue weighted by atomic mass is 35.5. The predicted octanol–water partition coefficient (Wildman–Crippen LogP) is 7.78. The molecule has 238 valence electrons. The number of ether oxygens (including phenoxy) is 1. The Balaban J connectivity index is 1.51. The van der Waals surface area contributed by atoms with Crippen LogP contribution in [0.1, 0.15) is 40.7 Å². The fourth-order valence-electron chi connectivity index (χ4n) is 5.15. The van der Waals surface area contributed by atoms with Crippen LogP contribution in [0.2, 0.25) is 10.0 Å². The van der Waals surface area contributed by atoms with Crippen LogP contribution < -0.4 is 4.90 Å². The van der Waals surface area contributed by atoms with E-state index in [1.807, 2.05) is 39.0 Å². The first-order valence-electron chi connectivity index (χ1n) is 14.3. The molecule has 0 radical (unpaired) electrons. The molecule has 11 heteroatoms. The van der Waals surface area contributed by atoms with Crippen molar-refractivity contribution in [2.24, 2.45) is 0 Å². The van der Waals surface area contributed by atoms with Crippen LogP contribution in [0.3, 0.4) is 0 Å². The van der Waals surface area contributed by atoms with E-state index in [0.29, 0.717) is 38.5 Å². The second-order valence-corrected chi connectivity index (χ2v) is 13.8. The number of esters is 1. The zero-order valence-corrected chi connectivity index (χ0v) is 28.3. The van der Waals surface area contributed by atoms with Gasteiger partial charge < -0.3 is 14.1 Å². The van der Waals surface area contributed by atoms with Gasteiger partial charge in [0.2, 0.25) is 15.8 Å². The number of carbonyl (C=O) groups excluding carboxylic acids is 2. The Morgan fingerprint density at radius 3 is 2.26 bits per heavy atom. The number of methoxy groups -OCH3 is 1. The number of benzene rings is 3. The smallest absolute Gasteiger partial charge is 0.343 e. The second-order valence-electron chi connectivity index (χ2n) is 11.1. The van der Waals surface area contributed by atoms with Crippen LogP contribution in [0.4, 0.5) is 5.69 Å². The van der Waals surface area contributed by atoms with Gasteiger partial charge in [-0.2, -0.15) is 4.31 Å². The van der Waals surface area contributed by atoms with Gasteiger partial charge in [-0.3, -0.25) is 4.79 Å². The van der Waals surface area contributed by atoms with Gasteiger partial charge in [0.1, 0.15) is 17.1 Å². The summed E-state index contributed by atoms with van der Waals surface area (Å²) >= 11 is 12.3. The number of anilines is 1. The number of hydrogen-bond donors (Lipinski definition) is 0. The molecule has 0 amide bonds. The maximum absolute atomic E-state index is 13.9. The van der Waals surface area contributed by atoms with Crippen molar-refractivity contribution in [3.05, 3.63) is 134 Å². The molecule has 8 nitrogen and oxygen atoms in total. The average Bonchev–Trinajstić information content (AvgIpc) is 3.56. The molecule has 1 aliphatic rings. The van der Waals surface area contributed by atoms with Gasteiger partial charge in [-0.15, -0.1) is 0 Å². The first-order valence-corrected chi connectivity index (χ1v) is 16.5. The fourth-order valence-corrected chi connectivity index (χ4v) is 6.86. The Kier molecular flexibility index (Phi) is 9.60. The molecule has 4 aromatic rings. The summed E-state index contributed by atoms with van der Waals surface area (Å²) in [6.45, 7) is 7.40. The van der Waals surface area contributed by atoms with Crippen molar-refractivity contribution in [3.8, 4) is 0 Å². The number of rotatable bonds is 9. The molecule has 0 unspecified atom stereocenters. The van der Waals surface area contributed by atoms with E-state index < -0.39 is 21.8 Å². The van der Waals surface area contributed by atoms with E-state index in [1.54, 1.807) is 66.4 Å². The summed E-state index contributed by atoms with van der Waals surface area (Å²) in [5.74, 6) is -0.611. The summed E-state index contributed by atoms with van der Waals surface area (Å²) in [4.78, 5) is 28.0. The van der Waals surface area contributed by atoms with Crippen molar-refractivity contribution in [1.29, 1.82) is 0 Å². The van der Waals surface area contributed by atoms with E-state index in [1.165, 1.54) is 17.5 Å². The number of aryl methyl sites for hydroxylation is 3. The molecular weight excluding hydrogens is 647 g/mol. The minimum Gasteiger partial charge on any atom is -0.465 e. The number of Topliss-reactive ketones (excluding diaryl/α,β-unsaturated/α-hetero) is 1. The number of sulfonamides is 1. The third-order valence-corrected chi connectivity index (χ3v) is 10.4. The van der Waals surface area contributed by atoms with E-state index in [0.717, 1.165) is 16.7 Å². The Labute approximate surface area is 278 Å². The first kappa shape index (κ1) is 33.2. The van der Waals surface area contributed by atoms with Crippen LogP contribution in [0.25, 0.3) is 6.08 Å². The highest BCUT2D eigenvalue weighted by Gasteiger charge is 2.38. The highest BCUT2D eigenvalue weighted by Crippen LogP contribution is 2.37. The summed E-state index contributed by atoms with van der Waals surface area (Å²) in [5.41, 5.74) is 4.90. The number of furan rings is 1. The molecule has 0 saturated heterocycles. The van der Waals surface area contributed by atoms with Gasteiger partial charge in [0.25, 0.3) is 0 Å². The normalized spacial score (nSPS) is 14.6. The molecule has 0 atom stereocenters. The largest absolute Gasteiger partial charge is 0.465 e. The molecule has 5 rings (SSSR count). The van der Waals surface area contributed by atoms with Crippen molar-refractivity contribution in [2.75, 3.05) is 12.0 Å². The molecule has 0 saturated carbocycles. The monoisotopic (exact) mass is 678 g/mol. The second kappa shape index (κ2) is 13.3. The van der Waals surface area contributed by atoms with Gasteiger partial charge in [-0.05, 0) is 92.9 Å². The molecule has 1 aromatic heterocycles. The van der Waals surface area contributed by atoms with Gasteiger partial charge in [0.05, 0.1) is 34.3 Å². The van der Waals surface area contributed by atoms with Crippen molar-refractivity contribution < 1.29 is 27.2 Å². The van der Waals surface area contributed by atoms with E-state index in [9.17, 15) is 18.0 Å². The number of hydrogen-bond acceptors (Lipinski definition) is 7. The number of allylic oxidation sites excluding steroid dienone is 2. The quantitative estimate of drug-likeness (QED) is 0.101. The van der Waals surface area contributed by atoms with Gasteiger partial charge in [0.15, 0.2) is 0 Å². The maximum atomic E-state index is 13.9. The molecule has 0 bridgehead atoms. The van der Waals surface area contributed by atoms with Gasteiger partial charge in [0, 0.05) is 24.0 Å². The van der Waals surface area contributed by atoms with Crippen molar-refractivity contribution in [1.82, 2.24) is 4.31 Å². The summed E-state index contributed by atoms with van der Waals surface area (Å²) in [6, 6.07) is 20.6. The van der Waals surface area contributed by atoms with Crippen LogP contribution in [0.5, 0.6) is 0 Å². The Hall–Kier alpha value is -4.15. The van der Waals surface area contributed by atoms with Crippen molar-refractivity contribution >= 4 is 56.7 Å². The van der Waals surface area contributed by atoms with E-state index in [4.69, 9.17) is 32.4 Å². The lowest BCUT2D eigenvalue weighted by Crippen LogP contribution is -2.30. The van der Waals surface area contributed by atoms with E-state index in [-0.39, 0.29) is 29.3 Å². The van der Waals surface area contributed by atoms with Gasteiger partial charge in [-0.25, -0.2) is 13.2 Å². The lowest BCUT2D eigenvalue weighted by molar-refractivity contribution is -0.137. The standard InChI is InChI=1S/C35H32Cl2N2O6S/c1-21-6-13-29(14-7-21)46(42,43)38(19-25-9-15-30(36)31(37)17-25)20-28-12-11-27(45-28)18-32-34(40)33(35(41)44-5)24(4)39(32)26-10-8-22(2)23(3)16-26/h6-18H,19-20H2,1-5H3/b32-18+. The van der Waals surface area contributed by atoms with Crippen LogP contribution in [-0.4, -0.2) is 31.6 Å². The molecule has 46 heavy (non-hydrogen) atoms. The van der Waals surface area contributed by atoms with Crippen molar-refractivity contribution in [2.45, 2.75) is 45.7 Å². The van der Waals surface area contributed by atoms with Crippen LogP contribution in [0, 0.1) is 20.8 Å². The molecule has 3 aromatic carbocycles. The average molecular weight is 680 g/mol. The van der Waals surface area contributed by atoms with Gasteiger partial charge in [-0.1, -0.05) is 53.0 Å². The van der Waals surface area contributed by atoms with Gasteiger partial charge >= 0.3 is 5.97 Å². The van der Waals surface area contributed by atoms with E-state index >= 15 is 0 Å². The molecule has 0 N–H and O–H groups in total. The number of ketones is 1. The lowest BCUT2D eigenvalue weighted by atomic mass is 10.1. The van der Waals surface area contributed by atoms with Crippen LogP contribution in [0.15, 0.2) is 99.1 Å². The minimum absolute atomic E-state index is 0.00510. The molecule has 2 heterocycles. The topological polar surface area (TPSA) is 97.1 Å². The lowest BCUT2D eigenvalue weighted by Gasteiger charge is -2.22. The summed E-state index contributed by atoms with van der Waals surface area (Å²) in [7, 11) is -2.75. The Bertz CT molecular complexity index is 2010. The summed E-state index contributed by atoms with van der Waals surface area (Å²) < 4.78 is 40.0. The third-order valence-electron chi connectivity index (χ3n) is 7.83. The minimum atomic E-state index is -3.98. The maximum Gasteiger partial charge on any atom is 0.343 e. The Morgan fingerprint density at radius 1 is 0.891 bits per heavy atom. The van der Waals surface area contributed by atoms with E-state index in [2.05, 4.69) is 0 Å². The predicted molar refractivity (Wildman–Crippen MR) is 179 cm³/mol. The molecule has 0 spiro atoms. The SMILES string of the molecule is COC(=O)C1=C(C)N(c2ccc(C)c(C)c2)/C(=C/c2ccc(CN(Cc3ccc(Cl)c(Cl)c3)S(=O)(=O)c3ccc(C)cc3)o2)C1=O. The highest BCUT2D eigenvalue weighted by molar-refractivity contribution is 7.89. The molecular formula is C35H32Cl2N2O6S. The first-order chi connectivity index (χ1) is 21.8. The Morgan fingerprint density at radius 2 is 1.61 bits per heavy atom. The molecule has 1 aliphatic heterocycles. The summed E-state index contributed by atoms with van der Waals surface area (Å²) in [6.07, 6.45) is 1.54. The molecule has 0 aliphatic carbocycles. The number of carbonyl (C=O) groups is 2. The fraction of sp³-hybridized carbons (Fsp3) is 0.200. The molecule has 0 fully saturated rings. The van der Waals surface area contributed by atoms with Crippen molar-refractivity contribution in [3.63, 3.8) is 0 Å². The third kappa shape index (κ3) is 6.69. The zero-order valence-electron chi connectivity index (χ0n) is 25.9. The number of halogens is 2. The zero-order chi connectivity index (χ0) is 33.3. The summed E-state index contributed by atoms with van der Waals surface area (Å²) in [5, 5.41) is 0.669. The van der Waals surface area contributed by atoms with Crippen LogP contribution in [-0.2, 0) is 37.4 Å².